The number of benzene rings is 2. The third kappa shape index (κ3) is 4.92. The van der Waals surface area contributed by atoms with Gasteiger partial charge in [0.2, 0.25) is 5.88 Å². The predicted molar refractivity (Wildman–Crippen MR) is 138 cm³/mol. The van der Waals surface area contributed by atoms with Gasteiger partial charge < -0.3 is 9.47 Å². The Morgan fingerprint density at radius 2 is 2.03 bits per heavy atom. The average Bonchev–Trinajstić information content (AvgIpc) is 2.81. The predicted octanol–water partition coefficient (Wildman–Crippen LogP) is 5.06. The SMILES string of the molecule is COc1cc(C=Nn2c(C)nc3ccc(Br)cc3c2=O)cc(I)c1Oc1ccc([N+](=O)[O-])cn1. The van der Waals surface area contributed by atoms with Crippen molar-refractivity contribution < 1.29 is 14.4 Å². The second-order valence-corrected chi connectivity index (χ2v) is 9.01. The van der Waals surface area contributed by atoms with Crippen LogP contribution in [0, 0.1) is 20.6 Å². The van der Waals surface area contributed by atoms with E-state index in [9.17, 15) is 14.9 Å². The fraction of sp³-hybridized carbons (Fsp3) is 0.0909. The smallest absolute Gasteiger partial charge is 0.287 e. The first-order valence-corrected chi connectivity index (χ1v) is 11.5. The highest BCUT2D eigenvalue weighted by atomic mass is 127. The molecule has 0 saturated heterocycles. The first kappa shape index (κ1) is 23.8. The third-order valence-electron chi connectivity index (χ3n) is 4.68. The number of fused-ring (bicyclic) bond motifs is 1. The number of nitrogens with zero attached hydrogens (tertiary/aromatic N) is 5. The Labute approximate surface area is 214 Å². The number of ether oxygens (including phenoxy) is 2. The van der Waals surface area contributed by atoms with Crippen LogP contribution in [0.3, 0.4) is 0 Å². The Morgan fingerprint density at radius 3 is 2.71 bits per heavy atom. The van der Waals surface area contributed by atoms with E-state index in [1.165, 1.54) is 30.1 Å². The maximum atomic E-state index is 12.9. The van der Waals surface area contributed by atoms with E-state index in [1.54, 1.807) is 31.2 Å². The molecule has 0 bridgehead atoms. The molecule has 172 valence electrons. The maximum Gasteiger partial charge on any atom is 0.287 e. The van der Waals surface area contributed by atoms with Crippen LogP contribution >= 0.6 is 38.5 Å². The van der Waals surface area contributed by atoms with Crippen LogP contribution in [0.15, 0.2) is 63.0 Å². The molecule has 10 nitrogen and oxygen atoms in total. The summed E-state index contributed by atoms with van der Waals surface area (Å²) < 4.78 is 14.0. The van der Waals surface area contributed by atoms with Crippen molar-refractivity contribution in [3.63, 3.8) is 0 Å². The molecule has 0 radical (unpaired) electrons. The number of aryl methyl sites for hydroxylation is 1. The molecule has 12 heteroatoms. The Morgan fingerprint density at radius 1 is 1.24 bits per heavy atom. The first-order chi connectivity index (χ1) is 16.3. The van der Waals surface area contributed by atoms with Crippen LogP contribution in [-0.2, 0) is 0 Å². The van der Waals surface area contributed by atoms with Crippen LogP contribution in [0.4, 0.5) is 5.69 Å². The zero-order valence-electron chi connectivity index (χ0n) is 17.7. The zero-order chi connectivity index (χ0) is 24.4. The molecule has 0 amide bonds. The monoisotopic (exact) mass is 635 g/mol. The van der Waals surface area contributed by atoms with Crippen molar-refractivity contribution in [2.24, 2.45) is 5.10 Å². The van der Waals surface area contributed by atoms with Gasteiger partial charge in [0.1, 0.15) is 12.0 Å². The van der Waals surface area contributed by atoms with Gasteiger partial charge in [0.15, 0.2) is 11.5 Å². The summed E-state index contributed by atoms with van der Waals surface area (Å²) in [6.45, 7) is 1.71. The lowest BCUT2D eigenvalue weighted by Gasteiger charge is -2.12. The molecule has 34 heavy (non-hydrogen) atoms. The van der Waals surface area contributed by atoms with E-state index in [4.69, 9.17) is 9.47 Å². The molecule has 2 heterocycles. The second kappa shape index (κ2) is 9.85. The van der Waals surface area contributed by atoms with E-state index in [-0.39, 0.29) is 17.1 Å². The third-order valence-corrected chi connectivity index (χ3v) is 5.98. The molecule has 2 aromatic heterocycles. The molecule has 4 rings (SSSR count). The maximum absolute atomic E-state index is 12.9. The van der Waals surface area contributed by atoms with Crippen LogP contribution in [-0.4, -0.2) is 32.9 Å². The van der Waals surface area contributed by atoms with Crippen LogP contribution in [0.5, 0.6) is 17.4 Å². The van der Waals surface area contributed by atoms with E-state index in [0.29, 0.717) is 37.4 Å². The Kier molecular flexibility index (Phi) is 6.88. The first-order valence-electron chi connectivity index (χ1n) is 9.66. The van der Waals surface area contributed by atoms with Gasteiger partial charge in [-0.05, 0) is 65.4 Å². The van der Waals surface area contributed by atoms with Crippen molar-refractivity contribution >= 4 is 61.3 Å². The van der Waals surface area contributed by atoms with Gasteiger partial charge in [-0.15, -0.1) is 0 Å². The molecule has 0 saturated carbocycles. The number of aromatic nitrogens is 3. The van der Waals surface area contributed by atoms with Gasteiger partial charge >= 0.3 is 0 Å². The number of halogens is 2. The summed E-state index contributed by atoms with van der Waals surface area (Å²) in [5.41, 5.74) is 0.827. The molecular formula is C22H15BrIN5O5. The summed E-state index contributed by atoms with van der Waals surface area (Å²) >= 11 is 5.45. The highest BCUT2D eigenvalue weighted by molar-refractivity contribution is 14.1. The van der Waals surface area contributed by atoms with Gasteiger partial charge in [0.25, 0.3) is 11.2 Å². The minimum atomic E-state index is -0.536. The molecule has 0 aliphatic heterocycles. The van der Waals surface area contributed by atoms with Crippen molar-refractivity contribution in [3.05, 3.63) is 88.6 Å². The van der Waals surface area contributed by atoms with Gasteiger partial charge in [0, 0.05) is 16.6 Å². The average molecular weight is 636 g/mol. The summed E-state index contributed by atoms with van der Waals surface area (Å²) in [5, 5.41) is 15.6. The number of rotatable bonds is 6. The van der Waals surface area contributed by atoms with E-state index in [1.807, 2.05) is 6.07 Å². The summed E-state index contributed by atoms with van der Waals surface area (Å²) in [6, 6.07) is 11.5. The fourth-order valence-electron chi connectivity index (χ4n) is 3.08. The lowest BCUT2D eigenvalue weighted by Crippen LogP contribution is -2.20. The van der Waals surface area contributed by atoms with Crippen molar-refractivity contribution in [2.75, 3.05) is 7.11 Å². The number of hydrogen-bond donors (Lipinski definition) is 0. The zero-order valence-corrected chi connectivity index (χ0v) is 21.5. The molecule has 0 atom stereocenters. The van der Waals surface area contributed by atoms with Crippen molar-refractivity contribution in [2.45, 2.75) is 6.92 Å². The molecule has 0 unspecified atom stereocenters. The largest absolute Gasteiger partial charge is 0.493 e. The number of nitro groups is 1. The minimum Gasteiger partial charge on any atom is -0.493 e. The van der Waals surface area contributed by atoms with Gasteiger partial charge in [-0.2, -0.15) is 9.78 Å². The Hall–Kier alpha value is -3.39. The quantitative estimate of drug-likeness (QED) is 0.126. The van der Waals surface area contributed by atoms with Crippen LogP contribution < -0.4 is 15.0 Å². The molecular weight excluding hydrogens is 621 g/mol. The van der Waals surface area contributed by atoms with Crippen LogP contribution in [0.1, 0.15) is 11.4 Å². The van der Waals surface area contributed by atoms with E-state index in [0.717, 1.165) is 10.7 Å². The molecule has 0 N–H and O–H groups in total. The van der Waals surface area contributed by atoms with Gasteiger partial charge in [-0.1, -0.05) is 15.9 Å². The normalized spacial score (nSPS) is 11.2. The molecule has 0 aliphatic carbocycles. The Balaban J connectivity index is 1.67. The molecule has 0 aliphatic rings. The minimum absolute atomic E-state index is 0.137. The summed E-state index contributed by atoms with van der Waals surface area (Å²) in [5.74, 6) is 1.42. The highest BCUT2D eigenvalue weighted by Gasteiger charge is 2.15. The van der Waals surface area contributed by atoms with Crippen molar-refractivity contribution in [1.29, 1.82) is 0 Å². The van der Waals surface area contributed by atoms with Gasteiger partial charge in [0.05, 0.1) is 32.7 Å². The molecule has 0 fully saturated rings. The molecule has 4 aromatic rings. The summed E-state index contributed by atoms with van der Waals surface area (Å²) in [6.07, 6.45) is 2.64. The lowest BCUT2D eigenvalue weighted by atomic mass is 10.2. The van der Waals surface area contributed by atoms with Gasteiger partial charge in [-0.25, -0.2) is 9.97 Å². The van der Waals surface area contributed by atoms with E-state index < -0.39 is 4.92 Å². The number of pyridine rings is 1. The van der Waals surface area contributed by atoms with Crippen LogP contribution in [0.25, 0.3) is 10.9 Å². The van der Waals surface area contributed by atoms with Crippen LogP contribution in [0.2, 0.25) is 0 Å². The van der Waals surface area contributed by atoms with Crippen molar-refractivity contribution in [3.8, 4) is 17.4 Å². The number of methoxy groups -OCH3 is 1. The lowest BCUT2D eigenvalue weighted by molar-refractivity contribution is -0.385. The highest BCUT2D eigenvalue weighted by Crippen LogP contribution is 2.36. The summed E-state index contributed by atoms with van der Waals surface area (Å²) in [7, 11) is 1.49. The van der Waals surface area contributed by atoms with Crippen molar-refractivity contribution in [1.82, 2.24) is 14.6 Å². The molecule has 2 aromatic carbocycles. The van der Waals surface area contributed by atoms with E-state index >= 15 is 0 Å². The topological polar surface area (TPSA) is 122 Å². The summed E-state index contributed by atoms with van der Waals surface area (Å²) in [4.78, 5) is 31.6. The fourth-order valence-corrected chi connectivity index (χ4v) is 4.18. The number of hydrogen-bond acceptors (Lipinski definition) is 8. The van der Waals surface area contributed by atoms with Gasteiger partial charge in [-0.3, -0.25) is 14.9 Å². The van der Waals surface area contributed by atoms with E-state index in [2.05, 4.69) is 53.6 Å². The Bertz CT molecular complexity index is 1500. The second-order valence-electron chi connectivity index (χ2n) is 6.93. The molecule has 0 spiro atoms. The standard InChI is InChI=1S/C22H15BrIN5O5/c1-12-27-18-5-3-14(23)9-16(18)22(30)28(12)26-10-13-7-17(24)21(19(8-13)33-2)34-20-6-4-15(11-25-20)29(31)32/h3-11H,1-2H3.